The number of aliphatic hydroxyl groups excluding tert-OH is 1. The maximum atomic E-state index is 11.4. The molecule has 1 atom stereocenters. The van der Waals surface area contributed by atoms with Gasteiger partial charge in [0.05, 0.1) is 6.04 Å². The second-order valence-corrected chi connectivity index (χ2v) is 4.83. The first-order valence-electron chi connectivity index (χ1n) is 6.21. The van der Waals surface area contributed by atoms with Crippen LogP contribution < -0.4 is 5.73 Å². The summed E-state index contributed by atoms with van der Waals surface area (Å²) >= 11 is 0. The number of nitrogens with two attached hydrogens (primary N) is 1. The molecule has 0 aromatic heterocycles. The quantitative estimate of drug-likeness (QED) is 0.791. The molecular formula is C14H19N3O2. The molecule has 0 saturated carbocycles. The van der Waals surface area contributed by atoms with E-state index < -0.39 is 5.91 Å². The van der Waals surface area contributed by atoms with Gasteiger partial charge in [-0.1, -0.05) is 12.2 Å². The largest absolute Gasteiger partial charge is 0.508 e. The highest BCUT2D eigenvalue weighted by atomic mass is 16.3. The highest BCUT2D eigenvalue weighted by molar-refractivity contribution is 5.92. The van der Waals surface area contributed by atoms with Crippen LogP contribution in [0.25, 0.3) is 0 Å². The van der Waals surface area contributed by atoms with Gasteiger partial charge in [-0.15, -0.1) is 0 Å². The van der Waals surface area contributed by atoms with Gasteiger partial charge in [-0.2, -0.15) is 0 Å². The zero-order chi connectivity index (χ0) is 14.0. The van der Waals surface area contributed by atoms with Crippen molar-refractivity contribution in [3.8, 4) is 0 Å². The number of carbonyl (C=O) groups excluding carboxylic acids is 1. The number of allylic oxidation sites excluding steroid dienone is 3. The molecule has 5 nitrogen and oxygen atoms in total. The van der Waals surface area contributed by atoms with Gasteiger partial charge in [0, 0.05) is 38.8 Å². The molecule has 0 saturated heterocycles. The lowest BCUT2D eigenvalue weighted by molar-refractivity contribution is -0.116. The molecule has 102 valence electrons. The minimum absolute atomic E-state index is 0.0762. The molecule has 0 fully saturated rings. The number of hydrogen-bond donors (Lipinski definition) is 2. The van der Waals surface area contributed by atoms with Gasteiger partial charge in [0.15, 0.2) is 0 Å². The number of amides is 1. The minimum atomic E-state index is -0.530. The number of aliphatic hydroxyl groups is 1. The summed E-state index contributed by atoms with van der Waals surface area (Å²) in [6, 6.07) is -0.0762. The number of rotatable bonds is 3. The summed E-state index contributed by atoms with van der Waals surface area (Å²) in [6.07, 6.45) is 10.00. The molecule has 0 radical (unpaired) electrons. The van der Waals surface area contributed by atoms with Crippen molar-refractivity contribution in [3.63, 3.8) is 0 Å². The van der Waals surface area contributed by atoms with Crippen molar-refractivity contribution in [2.45, 2.75) is 12.5 Å². The predicted octanol–water partition coefficient (Wildman–Crippen LogP) is 0.887. The van der Waals surface area contributed by atoms with Crippen LogP contribution in [0.4, 0.5) is 0 Å². The third-order valence-corrected chi connectivity index (χ3v) is 3.49. The Kier molecular flexibility index (Phi) is 3.64. The fourth-order valence-corrected chi connectivity index (χ4v) is 2.30. The van der Waals surface area contributed by atoms with Crippen molar-refractivity contribution in [2.24, 2.45) is 5.73 Å². The van der Waals surface area contributed by atoms with Gasteiger partial charge in [-0.3, -0.25) is 4.79 Å². The average molecular weight is 261 g/mol. The summed E-state index contributed by atoms with van der Waals surface area (Å²) in [6.45, 7) is 0.872. The van der Waals surface area contributed by atoms with E-state index in [4.69, 9.17) is 5.73 Å². The maximum Gasteiger partial charge on any atom is 0.265 e. The van der Waals surface area contributed by atoms with E-state index in [1.54, 1.807) is 11.0 Å². The van der Waals surface area contributed by atoms with Crippen molar-refractivity contribution in [3.05, 3.63) is 47.5 Å². The first kappa shape index (κ1) is 13.3. The number of nitrogens with zero attached hydrogens (tertiary/aromatic N) is 2. The third-order valence-electron chi connectivity index (χ3n) is 3.49. The Balaban J connectivity index is 2.18. The second kappa shape index (κ2) is 5.22. The van der Waals surface area contributed by atoms with Gasteiger partial charge in [-0.05, 0) is 12.2 Å². The lowest BCUT2D eigenvalue weighted by Crippen LogP contribution is -2.39. The van der Waals surface area contributed by atoms with Crippen LogP contribution in [0.2, 0.25) is 0 Å². The van der Waals surface area contributed by atoms with E-state index in [-0.39, 0.29) is 11.8 Å². The molecular weight excluding hydrogens is 242 g/mol. The molecule has 0 spiro atoms. The third kappa shape index (κ3) is 2.81. The highest BCUT2D eigenvalue weighted by Crippen LogP contribution is 2.24. The standard InChI is InChI=1S/C14H19N3O2/c1-16-6-4-3-5-10(16)7-11-8-12(18)9-13(14(15)19)17(11)2/h3-5,8-9,11,18H,6-7H2,1-2H3,(H2,15,19). The van der Waals surface area contributed by atoms with Crippen LogP contribution in [0.1, 0.15) is 6.42 Å². The number of likely N-dealkylation sites (N-methyl/N-ethyl adjacent to an activating group) is 2. The van der Waals surface area contributed by atoms with Crippen LogP contribution >= 0.6 is 0 Å². The minimum Gasteiger partial charge on any atom is -0.508 e. The van der Waals surface area contributed by atoms with E-state index >= 15 is 0 Å². The highest BCUT2D eigenvalue weighted by Gasteiger charge is 2.25. The van der Waals surface area contributed by atoms with Gasteiger partial charge in [0.25, 0.3) is 5.91 Å². The summed E-state index contributed by atoms with van der Waals surface area (Å²) in [5, 5.41) is 9.72. The fourth-order valence-electron chi connectivity index (χ4n) is 2.30. The Morgan fingerprint density at radius 2 is 2.26 bits per heavy atom. The van der Waals surface area contributed by atoms with Crippen LogP contribution in [0, 0.1) is 0 Å². The van der Waals surface area contributed by atoms with Crippen molar-refractivity contribution in [1.29, 1.82) is 0 Å². The Morgan fingerprint density at radius 1 is 1.53 bits per heavy atom. The van der Waals surface area contributed by atoms with Gasteiger partial charge in [0.2, 0.25) is 0 Å². The van der Waals surface area contributed by atoms with Crippen LogP contribution in [0.5, 0.6) is 0 Å². The zero-order valence-corrected chi connectivity index (χ0v) is 11.2. The fraction of sp³-hybridized carbons (Fsp3) is 0.357. The van der Waals surface area contributed by atoms with Crippen molar-refractivity contribution in [2.75, 3.05) is 20.6 Å². The second-order valence-electron chi connectivity index (χ2n) is 4.83. The summed E-state index contributed by atoms with van der Waals surface area (Å²) in [5.41, 5.74) is 6.81. The van der Waals surface area contributed by atoms with Gasteiger partial charge < -0.3 is 20.6 Å². The monoisotopic (exact) mass is 261 g/mol. The maximum absolute atomic E-state index is 11.4. The predicted molar refractivity (Wildman–Crippen MR) is 74.0 cm³/mol. The topological polar surface area (TPSA) is 69.8 Å². The van der Waals surface area contributed by atoms with E-state index in [1.807, 2.05) is 26.2 Å². The van der Waals surface area contributed by atoms with Gasteiger partial charge >= 0.3 is 0 Å². The summed E-state index contributed by atoms with van der Waals surface area (Å²) < 4.78 is 0. The van der Waals surface area contributed by atoms with Gasteiger partial charge in [-0.25, -0.2) is 0 Å². The van der Waals surface area contributed by atoms with E-state index in [2.05, 4.69) is 11.0 Å². The molecule has 0 aliphatic carbocycles. The van der Waals surface area contributed by atoms with Crippen LogP contribution in [0.15, 0.2) is 47.5 Å². The lowest BCUT2D eigenvalue weighted by Gasteiger charge is -2.34. The molecule has 0 aromatic rings. The first-order valence-corrected chi connectivity index (χ1v) is 6.21. The van der Waals surface area contributed by atoms with Crippen LogP contribution in [0.3, 0.4) is 0 Å². The molecule has 0 bridgehead atoms. The molecule has 3 N–H and O–H groups in total. The summed E-state index contributed by atoms with van der Waals surface area (Å²) in [4.78, 5) is 15.3. The molecule has 1 amide bonds. The summed E-state index contributed by atoms with van der Waals surface area (Å²) in [7, 11) is 3.83. The average Bonchev–Trinajstić information content (AvgIpc) is 2.35. The molecule has 2 aliphatic heterocycles. The van der Waals surface area contributed by atoms with E-state index in [0.717, 1.165) is 12.2 Å². The molecule has 1 unspecified atom stereocenters. The molecule has 2 aliphatic rings. The number of primary amides is 1. The molecule has 0 aromatic carbocycles. The van der Waals surface area contributed by atoms with Crippen molar-refractivity contribution < 1.29 is 9.90 Å². The van der Waals surface area contributed by atoms with Gasteiger partial charge in [0.1, 0.15) is 11.5 Å². The molecule has 19 heavy (non-hydrogen) atoms. The molecule has 5 heteroatoms. The lowest BCUT2D eigenvalue weighted by atomic mass is 10.0. The van der Waals surface area contributed by atoms with E-state index in [9.17, 15) is 9.90 Å². The Hall–Kier alpha value is -2.17. The Bertz CT molecular complexity index is 503. The van der Waals surface area contributed by atoms with Crippen molar-refractivity contribution >= 4 is 5.91 Å². The van der Waals surface area contributed by atoms with Crippen LogP contribution in [-0.2, 0) is 4.79 Å². The number of carbonyl (C=O) groups is 1. The normalized spacial score (nSPS) is 22.8. The van der Waals surface area contributed by atoms with Crippen molar-refractivity contribution in [1.82, 2.24) is 9.80 Å². The van der Waals surface area contributed by atoms with E-state index in [1.165, 1.54) is 6.08 Å². The zero-order valence-electron chi connectivity index (χ0n) is 11.2. The first-order chi connectivity index (χ1) is 8.99. The Labute approximate surface area is 113 Å². The van der Waals surface area contributed by atoms with E-state index in [0.29, 0.717) is 12.1 Å². The molecule has 2 heterocycles. The number of hydrogen-bond acceptors (Lipinski definition) is 4. The summed E-state index contributed by atoms with van der Waals surface area (Å²) in [5.74, 6) is -0.440. The SMILES string of the molecule is CN1CC=CC=C1CC1C=C(O)C=C(C(N)=O)N1C. The van der Waals surface area contributed by atoms with Crippen LogP contribution in [-0.4, -0.2) is 47.5 Å². The molecule has 2 rings (SSSR count). The Morgan fingerprint density at radius 3 is 2.89 bits per heavy atom. The smallest absolute Gasteiger partial charge is 0.265 e.